The highest BCUT2D eigenvalue weighted by molar-refractivity contribution is 5.80. The first kappa shape index (κ1) is 21.8. The summed E-state index contributed by atoms with van der Waals surface area (Å²) < 4.78 is 41.0. The quantitative estimate of drug-likeness (QED) is 0.563. The number of carbonyl (C=O) groups is 1. The van der Waals surface area contributed by atoms with Crippen molar-refractivity contribution in [3.05, 3.63) is 23.9 Å². The molecule has 0 unspecified atom stereocenters. The minimum Gasteiger partial charge on any atom is -0.468 e. The van der Waals surface area contributed by atoms with Crippen LogP contribution >= 0.6 is 0 Å². The lowest BCUT2D eigenvalue weighted by Gasteiger charge is -2.34. The van der Waals surface area contributed by atoms with Gasteiger partial charge in [-0.3, -0.25) is 9.79 Å². The van der Waals surface area contributed by atoms with E-state index < -0.39 is 12.8 Å². The van der Waals surface area contributed by atoms with Gasteiger partial charge >= 0.3 is 6.18 Å². The molecule has 156 valence electrons. The van der Waals surface area contributed by atoms with Gasteiger partial charge in [-0.15, -0.1) is 0 Å². The Balaban J connectivity index is 1.79. The Morgan fingerprint density at radius 2 is 2.07 bits per heavy atom. The number of ether oxygens (including phenoxy) is 1. The van der Waals surface area contributed by atoms with E-state index in [4.69, 9.17) is 0 Å². The summed E-state index contributed by atoms with van der Waals surface area (Å²) in [6.45, 7) is 0.700. The lowest BCUT2D eigenvalue weighted by Crippen LogP contribution is -2.45. The van der Waals surface area contributed by atoms with Gasteiger partial charge in [0.25, 0.3) is 0 Å². The van der Waals surface area contributed by atoms with Crippen LogP contribution in [0.1, 0.15) is 24.8 Å². The molecular weight excluding hydrogens is 375 g/mol. The molecule has 0 aliphatic carbocycles. The number of pyridine rings is 1. The molecule has 1 aliphatic heterocycles. The first-order valence-electron chi connectivity index (χ1n) is 9.11. The molecule has 0 aromatic carbocycles. The largest absolute Gasteiger partial charge is 0.468 e. The second-order valence-electron chi connectivity index (χ2n) is 6.62. The highest BCUT2D eigenvalue weighted by Crippen LogP contribution is 2.20. The normalized spacial score (nSPS) is 16.0. The van der Waals surface area contributed by atoms with E-state index in [2.05, 4.69) is 30.2 Å². The number of alkyl halides is 3. The van der Waals surface area contributed by atoms with Crippen molar-refractivity contribution in [2.45, 2.75) is 32.0 Å². The molecule has 1 aromatic rings. The summed E-state index contributed by atoms with van der Waals surface area (Å²) in [5.74, 6) is 1.12. The summed E-state index contributed by atoms with van der Waals surface area (Å²) in [5.41, 5.74) is 0.801. The molecule has 0 spiro atoms. The molecule has 7 nitrogen and oxygen atoms in total. The summed E-state index contributed by atoms with van der Waals surface area (Å²) in [5, 5.41) is 5.89. The minimum absolute atomic E-state index is 0.0658. The van der Waals surface area contributed by atoms with E-state index >= 15 is 0 Å². The van der Waals surface area contributed by atoms with Crippen molar-refractivity contribution in [3.8, 4) is 5.88 Å². The van der Waals surface area contributed by atoms with Crippen LogP contribution in [0.3, 0.4) is 0 Å². The maximum atomic E-state index is 12.2. The zero-order valence-corrected chi connectivity index (χ0v) is 16.1. The fourth-order valence-corrected chi connectivity index (χ4v) is 2.98. The predicted molar refractivity (Wildman–Crippen MR) is 99.0 cm³/mol. The van der Waals surface area contributed by atoms with Gasteiger partial charge in [0.05, 0.1) is 0 Å². The number of guanidine groups is 1. The Morgan fingerprint density at radius 1 is 1.36 bits per heavy atom. The molecule has 0 radical (unpaired) electrons. The molecule has 1 aromatic heterocycles. The standard InChI is InChI=1S/C18H26F3N5O2/c1-22-15(27)9-13-5-7-26(8-6-13)17(23-2)25-11-14-3-4-16(24-10-14)28-12-18(19,20)21/h3-4,10,13H,5-9,11-12H2,1-2H3,(H,22,27)(H,23,25). The summed E-state index contributed by atoms with van der Waals surface area (Å²) in [4.78, 5) is 21.8. The van der Waals surface area contributed by atoms with Gasteiger partial charge in [0.1, 0.15) is 0 Å². The van der Waals surface area contributed by atoms with E-state index in [9.17, 15) is 18.0 Å². The molecule has 28 heavy (non-hydrogen) atoms. The number of aliphatic imine (C=N–C) groups is 1. The number of hydrogen-bond acceptors (Lipinski definition) is 4. The molecule has 0 bridgehead atoms. The van der Waals surface area contributed by atoms with E-state index in [1.807, 2.05) is 0 Å². The minimum atomic E-state index is -4.39. The molecule has 2 rings (SSSR count). The first-order valence-corrected chi connectivity index (χ1v) is 9.11. The smallest absolute Gasteiger partial charge is 0.422 e. The number of amides is 1. The Morgan fingerprint density at radius 3 is 2.61 bits per heavy atom. The fourth-order valence-electron chi connectivity index (χ4n) is 2.98. The van der Waals surface area contributed by atoms with Crippen LogP contribution in [0.4, 0.5) is 13.2 Å². The van der Waals surface area contributed by atoms with Crippen molar-refractivity contribution in [1.29, 1.82) is 0 Å². The number of carbonyl (C=O) groups excluding carboxylic acids is 1. The number of aromatic nitrogens is 1. The van der Waals surface area contributed by atoms with Crippen molar-refractivity contribution in [2.24, 2.45) is 10.9 Å². The molecule has 1 aliphatic rings. The summed E-state index contributed by atoms with van der Waals surface area (Å²) in [6.07, 6.45) is -0.531. The van der Waals surface area contributed by atoms with Crippen LogP contribution in [0.15, 0.2) is 23.3 Å². The summed E-state index contributed by atoms with van der Waals surface area (Å²) >= 11 is 0. The lowest BCUT2D eigenvalue weighted by molar-refractivity contribution is -0.154. The number of hydrogen-bond donors (Lipinski definition) is 2. The van der Waals surface area contributed by atoms with Gasteiger partial charge in [0.2, 0.25) is 11.8 Å². The average Bonchev–Trinajstić information content (AvgIpc) is 2.68. The van der Waals surface area contributed by atoms with Gasteiger partial charge in [-0.05, 0) is 24.3 Å². The van der Waals surface area contributed by atoms with E-state index in [1.54, 1.807) is 20.2 Å². The van der Waals surface area contributed by atoms with Crippen molar-refractivity contribution >= 4 is 11.9 Å². The van der Waals surface area contributed by atoms with Crippen LogP contribution < -0.4 is 15.4 Å². The Hall–Kier alpha value is -2.52. The van der Waals surface area contributed by atoms with Crippen LogP contribution in [0.2, 0.25) is 0 Å². The zero-order chi connectivity index (χ0) is 20.6. The topological polar surface area (TPSA) is 78.9 Å². The van der Waals surface area contributed by atoms with Crippen LogP contribution in [0.25, 0.3) is 0 Å². The van der Waals surface area contributed by atoms with Gasteiger partial charge < -0.3 is 20.3 Å². The van der Waals surface area contributed by atoms with E-state index in [-0.39, 0.29) is 11.8 Å². The molecular formula is C18H26F3N5O2. The monoisotopic (exact) mass is 401 g/mol. The second kappa shape index (κ2) is 10.1. The Labute approximate surface area is 162 Å². The van der Waals surface area contributed by atoms with Crippen molar-refractivity contribution in [1.82, 2.24) is 20.5 Å². The average molecular weight is 401 g/mol. The Bertz CT molecular complexity index is 656. The molecule has 1 amide bonds. The van der Waals surface area contributed by atoms with Gasteiger partial charge in [-0.1, -0.05) is 6.07 Å². The number of halogens is 3. The fraction of sp³-hybridized carbons (Fsp3) is 0.611. The zero-order valence-electron chi connectivity index (χ0n) is 16.1. The maximum Gasteiger partial charge on any atom is 0.422 e. The van der Waals surface area contributed by atoms with Gasteiger partial charge in [0.15, 0.2) is 12.6 Å². The van der Waals surface area contributed by atoms with E-state index in [1.165, 1.54) is 12.3 Å². The molecule has 0 atom stereocenters. The van der Waals surface area contributed by atoms with Crippen LogP contribution in [0, 0.1) is 5.92 Å². The van der Waals surface area contributed by atoms with Gasteiger partial charge in [-0.2, -0.15) is 13.2 Å². The van der Waals surface area contributed by atoms with Gasteiger partial charge in [0, 0.05) is 52.4 Å². The van der Waals surface area contributed by atoms with E-state index in [0.717, 1.165) is 37.5 Å². The molecule has 1 saturated heterocycles. The van der Waals surface area contributed by atoms with Crippen molar-refractivity contribution in [2.75, 3.05) is 33.8 Å². The molecule has 0 saturated carbocycles. The third-order valence-corrected chi connectivity index (χ3v) is 4.51. The highest BCUT2D eigenvalue weighted by Gasteiger charge is 2.28. The second-order valence-corrected chi connectivity index (χ2v) is 6.62. The number of nitrogens with zero attached hydrogens (tertiary/aromatic N) is 3. The third kappa shape index (κ3) is 7.24. The number of piperidine rings is 1. The van der Waals surface area contributed by atoms with Crippen LogP contribution in [-0.2, 0) is 11.3 Å². The van der Waals surface area contributed by atoms with E-state index in [0.29, 0.717) is 18.9 Å². The van der Waals surface area contributed by atoms with Gasteiger partial charge in [-0.25, -0.2) is 4.98 Å². The number of likely N-dealkylation sites (tertiary alicyclic amines) is 1. The molecule has 1 fully saturated rings. The lowest BCUT2D eigenvalue weighted by atomic mass is 9.93. The van der Waals surface area contributed by atoms with Crippen LogP contribution in [-0.4, -0.2) is 61.7 Å². The Kier molecular flexibility index (Phi) is 7.89. The number of rotatable bonds is 6. The highest BCUT2D eigenvalue weighted by atomic mass is 19.4. The molecule has 10 heteroatoms. The number of nitrogens with one attached hydrogen (secondary N) is 2. The predicted octanol–water partition coefficient (Wildman–Crippen LogP) is 1.95. The third-order valence-electron chi connectivity index (χ3n) is 4.51. The summed E-state index contributed by atoms with van der Waals surface area (Å²) in [6, 6.07) is 3.07. The SMILES string of the molecule is CN=C(NCc1ccc(OCC(F)(F)F)nc1)N1CCC(CC(=O)NC)CC1. The first-order chi connectivity index (χ1) is 13.3. The molecule has 2 heterocycles. The molecule has 2 N–H and O–H groups in total. The van der Waals surface area contributed by atoms with Crippen LogP contribution in [0.5, 0.6) is 5.88 Å². The summed E-state index contributed by atoms with van der Waals surface area (Å²) in [7, 11) is 3.35. The maximum absolute atomic E-state index is 12.2. The van der Waals surface area contributed by atoms with Crippen molar-refractivity contribution < 1.29 is 22.7 Å². The van der Waals surface area contributed by atoms with Crippen molar-refractivity contribution in [3.63, 3.8) is 0 Å².